The summed E-state index contributed by atoms with van der Waals surface area (Å²) < 4.78 is 11.2. The van der Waals surface area contributed by atoms with E-state index in [9.17, 15) is 0 Å². The van der Waals surface area contributed by atoms with Gasteiger partial charge in [0.1, 0.15) is 5.82 Å². The van der Waals surface area contributed by atoms with E-state index in [-0.39, 0.29) is 0 Å². The number of anilines is 1. The van der Waals surface area contributed by atoms with E-state index in [1.807, 2.05) is 24.3 Å². The highest BCUT2D eigenvalue weighted by atomic mass is 16.5. The molecule has 0 unspecified atom stereocenters. The molecule has 1 saturated heterocycles. The van der Waals surface area contributed by atoms with Gasteiger partial charge in [0.05, 0.1) is 5.52 Å². The van der Waals surface area contributed by atoms with E-state index in [0.29, 0.717) is 5.92 Å². The third-order valence-electron chi connectivity index (χ3n) is 5.08. The van der Waals surface area contributed by atoms with E-state index in [1.54, 1.807) is 0 Å². The van der Waals surface area contributed by atoms with Crippen LogP contribution < -0.4 is 16.0 Å². The van der Waals surface area contributed by atoms with E-state index < -0.39 is 0 Å². The topological polar surface area (TPSA) is 79.8 Å². The molecule has 164 valence electrons. The van der Waals surface area contributed by atoms with Gasteiger partial charge in [-0.15, -0.1) is 0 Å². The van der Waals surface area contributed by atoms with Crippen molar-refractivity contribution in [2.24, 2.45) is 10.9 Å². The van der Waals surface area contributed by atoms with Crippen molar-refractivity contribution in [3.8, 4) is 0 Å². The van der Waals surface area contributed by atoms with Crippen LogP contribution in [0.2, 0.25) is 0 Å². The largest absolute Gasteiger partial charge is 0.381 e. The molecule has 1 aromatic heterocycles. The van der Waals surface area contributed by atoms with Gasteiger partial charge in [0.25, 0.3) is 0 Å². The maximum atomic E-state index is 5.81. The third-order valence-corrected chi connectivity index (χ3v) is 5.08. The van der Waals surface area contributed by atoms with Gasteiger partial charge in [-0.1, -0.05) is 18.2 Å². The molecule has 0 radical (unpaired) electrons. The Morgan fingerprint density at radius 3 is 2.87 bits per heavy atom. The van der Waals surface area contributed by atoms with Gasteiger partial charge in [0, 0.05) is 58.0 Å². The summed E-state index contributed by atoms with van der Waals surface area (Å²) >= 11 is 0. The molecule has 0 aliphatic carbocycles. The van der Waals surface area contributed by atoms with Gasteiger partial charge in [-0.25, -0.2) is 4.98 Å². The lowest BCUT2D eigenvalue weighted by Gasteiger charge is -2.21. The van der Waals surface area contributed by atoms with Crippen LogP contribution in [0.4, 0.5) is 5.82 Å². The SMILES string of the molecule is CCNC(=NCCCOCC1CCOCC1)NCCNc1ccc2ccccc2n1. The minimum Gasteiger partial charge on any atom is -0.381 e. The standard InChI is InChI=1S/C23H35N5O2/c1-2-24-23(26-12-5-15-30-18-19-10-16-29-17-11-19)27-14-13-25-22-9-8-20-6-3-4-7-21(20)28-22/h3-4,6-9,19H,2,5,10-18H2,1H3,(H,25,28)(H2,24,26,27). The van der Waals surface area contributed by atoms with Gasteiger partial charge in [0.15, 0.2) is 5.96 Å². The molecule has 1 aliphatic rings. The first kappa shape index (κ1) is 22.3. The number of nitrogens with one attached hydrogen (secondary N) is 3. The van der Waals surface area contributed by atoms with Crippen molar-refractivity contribution in [2.75, 3.05) is 57.9 Å². The Morgan fingerprint density at radius 2 is 2.00 bits per heavy atom. The lowest BCUT2D eigenvalue weighted by molar-refractivity contribution is 0.0205. The highest BCUT2D eigenvalue weighted by molar-refractivity contribution is 5.80. The molecule has 0 bridgehead atoms. The van der Waals surface area contributed by atoms with Crippen molar-refractivity contribution in [3.63, 3.8) is 0 Å². The maximum absolute atomic E-state index is 5.81. The van der Waals surface area contributed by atoms with Crippen LogP contribution in [0.25, 0.3) is 10.9 Å². The number of rotatable bonds is 11. The molecule has 0 atom stereocenters. The first-order chi connectivity index (χ1) is 14.8. The zero-order valence-corrected chi connectivity index (χ0v) is 18.0. The predicted molar refractivity (Wildman–Crippen MR) is 123 cm³/mol. The van der Waals surface area contributed by atoms with E-state index in [4.69, 9.17) is 9.47 Å². The number of para-hydroxylation sites is 1. The molecule has 1 aliphatic heterocycles. The average Bonchev–Trinajstić information content (AvgIpc) is 2.79. The average molecular weight is 414 g/mol. The predicted octanol–water partition coefficient (Wildman–Crippen LogP) is 3.04. The lowest BCUT2D eigenvalue weighted by Crippen LogP contribution is -2.39. The van der Waals surface area contributed by atoms with Gasteiger partial charge < -0.3 is 25.4 Å². The van der Waals surface area contributed by atoms with Crippen LogP contribution >= 0.6 is 0 Å². The monoisotopic (exact) mass is 413 g/mol. The quantitative estimate of drug-likeness (QED) is 0.299. The summed E-state index contributed by atoms with van der Waals surface area (Å²) in [5, 5.41) is 11.2. The molecular formula is C23H35N5O2. The molecular weight excluding hydrogens is 378 g/mol. The van der Waals surface area contributed by atoms with Crippen LogP contribution in [0.5, 0.6) is 0 Å². The Labute approximate surface area is 179 Å². The summed E-state index contributed by atoms with van der Waals surface area (Å²) in [6, 6.07) is 12.2. The number of pyridine rings is 1. The van der Waals surface area contributed by atoms with E-state index in [0.717, 1.165) is 94.5 Å². The molecule has 2 heterocycles. The summed E-state index contributed by atoms with van der Waals surface area (Å²) in [5.41, 5.74) is 1.00. The Hall–Kier alpha value is -2.38. The molecule has 0 amide bonds. The van der Waals surface area contributed by atoms with Gasteiger partial charge in [-0.05, 0) is 50.3 Å². The van der Waals surface area contributed by atoms with Crippen LogP contribution in [0, 0.1) is 5.92 Å². The van der Waals surface area contributed by atoms with Crippen molar-refractivity contribution in [3.05, 3.63) is 36.4 Å². The number of benzene rings is 1. The Kier molecular flexibility index (Phi) is 9.69. The molecule has 3 N–H and O–H groups in total. The normalized spacial score (nSPS) is 15.3. The second-order valence-electron chi connectivity index (χ2n) is 7.49. The number of hydrogen-bond acceptors (Lipinski definition) is 5. The first-order valence-electron chi connectivity index (χ1n) is 11.1. The number of guanidine groups is 1. The highest BCUT2D eigenvalue weighted by Gasteiger charge is 2.13. The van der Waals surface area contributed by atoms with Crippen LogP contribution in [0.15, 0.2) is 41.4 Å². The molecule has 7 heteroatoms. The molecule has 0 spiro atoms. The molecule has 2 aromatic rings. The number of aromatic nitrogens is 1. The number of fused-ring (bicyclic) bond motifs is 1. The fourth-order valence-electron chi connectivity index (χ4n) is 3.40. The summed E-state index contributed by atoms with van der Waals surface area (Å²) in [6.45, 7) is 8.56. The summed E-state index contributed by atoms with van der Waals surface area (Å²) in [7, 11) is 0. The van der Waals surface area contributed by atoms with Gasteiger partial charge in [-0.3, -0.25) is 4.99 Å². The van der Waals surface area contributed by atoms with Crippen LogP contribution in [0.1, 0.15) is 26.2 Å². The summed E-state index contributed by atoms with van der Waals surface area (Å²) in [6.07, 6.45) is 3.17. The second-order valence-corrected chi connectivity index (χ2v) is 7.49. The smallest absolute Gasteiger partial charge is 0.191 e. The number of nitrogens with zero attached hydrogens (tertiary/aromatic N) is 2. The van der Waals surface area contributed by atoms with Gasteiger partial charge in [0.2, 0.25) is 0 Å². The highest BCUT2D eigenvalue weighted by Crippen LogP contribution is 2.15. The number of hydrogen-bond donors (Lipinski definition) is 3. The molecule has 3 rings (SSSR count). The van der Waals surface area contributed by atoms with Crippen LogP contribution in [-0.2, 0) is 9.47 Å². The molecule has 30 heavy (non-hydrogen) atoms. The van der Waals surface area contributed by atoms with Crippen molar-refractivity contribution < 1.29 is 9.47 Å². The van der Waals surface area contributed by atoms with Crippen LogP contribution in [0.3, 0.4) is 0 Å². The fourth-order valence-corrected chi connectivity index (χ4v) is 3.40. The number of aliphatic imine (C=N–C) groups is 1. The van der Waals surface area contributed by atoms with Crippen molar-refractivity contribution in [1.82, 2.24) is 15.6 Å². The minimum atomic E-state index is 0.658. The first-order valence-corrected chi connectivity index (χ1v) is 11.1. The number of ether oxygens (including phenoxy) is 2. The van der Waals surface area contributed by atoms with E-state index in [2.05, 4.69) is 45.0 Å². The zero-order valence-electron chi connectivity index (χ0n) is 18.0. The van der Waals surface area contributed by atoms with Crippen molar-refractivity contribution in [2.45, 2.75) is 26.2 Å². The van der Waals surface area contributed by atoms with Crippen molar-refractivity contribution in [1.29, 1.82) is 0 Å². The minimum absolute atomic E-state index is 0.658. The zero-order chi connectivity index (χ0) is 20.9. The fraction of sp³-hybridized carbons (Fsp3) is 0.565. The lowest BCUT2D eigenvalue weighted by atomic mass is 10.0. The Balaban J connectivity index is 1.30. The Bertz CT molecular complexity index is 777. The van der Waals surface area contributed by atoms with Gasteiger partial charge in [-0.2, -0.15) is 0 Å². The summed E-state index contributed by atoms with van der Waals surface area (Å²) in [4.78, 5) is 9.27. The van der Waals surface area contributed by atoms with E-state index >= 15 is 0 Å². The van der Waals surface area contributed by atoms with E-state index in [1.165, 1.54) is 0 Å². The molecule has 0 saturated carbocycles. The maximum Gasteiger partial charge on any atom is 0.191 e. The van der Waals surface area contributed by atoms with Crippen LogP contribution in [-0.4, -0.2) is 63.6 Å². The Morgan fingerprint density at radius 1 is 1.13 bits per heavy atom. The second kappa shape index (κ2) is 13.0. The molecule has 7 nitrogen and oxygen atoms in total. The van der Waals surface area contributed by atoms with Gasteiger partial charge >= 0.3 is 0 Å². The summed E-state index contributed by atoms with van der Waals surface area (Å²) in [5.74, 6) is 2.39. The van der Waals surface area contributed by atoms with Crippen molar-refractivity contribution >= 4 is 22.7 Å². The third kappa shape index (κ3) is 7.80. The molecule has 1 aromatic carbocycles. The molecule has 1 fully saturated rings.